The third-order valence-corrected chi connectivity index (χ3v) is 5.42. The molecule has 0 aromatic heterocycles. The van der Waals surface area contributed by atoms with E-state index >= 15 is 0 Å². The Morgan fingerprint density at radius 1 is 1.27 bits per heavy atom. The van der Waals surface area contributed by atoms with Gasteiger partial charge in [-0.15, -0.1) is 0 Å². The summed E-state index contributed by atoms with van der Waals surface area (Å²) in [5.74, 6) is 0.135. The lowest BCUT2D eigenvalue weighted by atomic mass is 9.83. The first-order valence-corrected chi connectivity index (χ1v) is 9.35. The Hall–Kier alpha value is -2.07. The highest BCUT2D eigenvalue weighted by molar-refractivity contribution is 6.30. The van der Waals surface area contributed by atoms with E-state index in [0.29, 0.717) is 17.0 Å². The van der Waals surface area contributed by atoms with E-state index in [4.69, 9.17) is 16.3 Å². The number of hydrogen-bond donors (Lipinski definition) is 1. The van der Waals surface area contributed by atoms with Crippen molar-refractivity contribution in [3.05, 3.63) is 64.4 Å². The van der Waals surface area contributed by atoms with Crippen LogP contribution in [0.3, 0.4) is 0 Å². The van der Waals surface area contributed by atoms with Crippen LogP contribution in [0.1, 0.15) is 50.3 Å². The second kappa shape index (κ2) is 7.67. The van der Waals surface area contributed by atoms with Crippen molar-refractivity contribution in [1.82, 2.24) is 5.32 Å². The van der Waals surface area contributed by atoms with E-state index in [1.807, 2.05) is 24.3 Å². The molecule has 2 aromatic carbocycles. The topological polar surface area (TPSA) is 38.3 Å². The average Bonchev–Trinajstić information content (AvgIpc) is 2.64. The van der Waals surface area contributed by atoms with Gasteiger partial charge in [-0.2, -0.15) is 0 Å². The lowest BCUT2D eigenvalue weighted by molar-refractivity contribution is -0.121. The summed E-state index contributed by atoms with van der Waals surface area (Å²) in [6.45, 7) is 4.19. The number of para-hydroxylation sites is 1. The van der Waals surface area contributed by atoms with Gasteiger partial charge in [-0.25, -0.2) is 4.39 Å². The zero-order valence-corrected chi connectivity index (χ0v) is 15.8. The number of ether oxygens (including phenoxy) is 1. The van der Waals surface area contributed by atoms with Gasteiger partial charge in [-0.1, -0.05) is 49.7 Å². The average molecular weight is 376 g/mol. The molecule has 1 heterocycles. The van der Waals surface area contributed by atoms with Crippen LogP contribution in [-0.2, 0) is 11.2 Å². The van der Waals surface area contributed by atoms with Gasteiger partial charge in [0.15, 0.2) is 0 Å². The first kappa shape index (κ1) is 18.7. The number of carbonyl (C=O) groups excluding carboxylic acids is 1. The van der Waals surface area contributed by atoms with Gasteiger partial charge in [-0.3, -0.25) is 4.79 Å². The Kier molecular flexibility index (Phi) is 5.52. The van der Waals surface area contributed by atoms with Crippen LogP contribution in [0.4, 0.5) is 4.39 Å². The molecule has 1 aliphatic rings. The zero-order chi connectivity index (χ0) is 18.7. The predicted molar refractivity (Wildman–Crippen MR) is 101 cm³/mol. The molecule has 1 amide bonds. The largest absolute Gasteiger partial charge is 0.487 e. The van der Waals surface area contributed by atoms with Crippen LogP contribution in [0.5, 0.6) is 5.75 Å². The zero-order valence-electron chi connectivity index (χ0n) is 15.0. The number of halogens is 2. The van der Waals surface area contributed by atoms with E-state index in [9.17, 15) is 9.18 Å². The smallest absolute Gasteiger partial charge is 0.225 e. The lowest BCUT2D eigenvalue weighted by Gasteiger charge is -2.41. The molecule has 0 aliphatic carbocycles. The molecule has 1 atom stereocenters. The highest BCUT2D eigenvalue weighted by atomic mass is 35.5. The molecular weight excluding hydrogens is 353 g/mol. The maximum absolute atomic E-state index is 14.0. The minimum absolute atomic E-state index is 0.0201. The highest BCUT2D eigenvalue weighted by Crippen LogP contribution is 2.42. The van der Waals surface area contributed by atoms with Crippen molar-refractivity contribution in [2.45, 2.75) is 51.2 Å². The Morgan fingerprint density at radius 3 is 2.69 bits per heavy atom. The predicted octanol–water partition coefficient (Wildman–Crippen LogP) is 5.22. The van der Waals surface area contributed by atoms with Gasteiger partial charge in [-0.05, 0) is 36.6 Å². The lowest BCUT2D eigenvalue weighted by Crippen LogP contribution is -2.44. The first-order chi connectivity index (χ1) is 12.5. The van der Waals surface area contributed by atoms with E-state index in [0.717, 1.165) is 24.2 Å². The summed E-state index contributed by atoms with van der Waals surface area (Å²) in [5.41, 5.74) is 1.01. The monoisotopic (exact) mass is 375 g/mol. The van der Waals surface area contributed by atoms with Crippen LogP contribution >= 0.6 is 11.6 Å². The van der Waals surface area contributed by atoms with Crippen molar-refractivity contribution < 1.29 is 13.9 Å². The standard InChI is InChI=1S/C21H23ClFNO2/c1-3-21(4-2)13-18(16-7-5-6-8-19(16)26-21)24-20(25)11-14-9-10-15(22)12-17(14)23/h5-10,12,18H,3-4,11,13H2,1-2H3,(H,24,25)/t18-/m0/s1. The minimum Gasteiger partial charge on any atom is -0.487 e. The molecule has 0 fully saturated rings. The van der Waals surface area contributed by atoms with Crippen LogP contribution in [0, 0.1) is 5.82 Å². The molecule has 1 N–H and O–H groups in total. The van der Waals surface area contributed by atoms with Gasteiger partial charge in [0.2, 0.25) is 5.91 Å². The summed E-state index contributed by atoms with van der Waals surface area (Å²) < 4.78 is 20.2. The van der Waals surface area contributed by atoms with E-state index in [2.05, 4.69) is 19.2 Å². The van der Waals surface area contributed by atoms with E-state index in [1.165, 1.54) is 6.07 Å². The van der Waals surface area contributed by atoms with Crippen molar-refractivity contribution in [1.29, 1.82) is 0 Å². The second-order valence-corrected chi connectivity index (χ2v) is 7.20. The molecule has 26 heavy (non-hydrogen) atoms. The normalized spacial score (nSPS) is 17.9. The summed E-state index contributed by atoms with van der Waals surface area (Å²) in [6.07, 6.45) is 2.39. The molecule has 2 aromatic rings. The van der Waals surface area contributed by atoms with Gasteiger partial charge in [0.1, 0.15) is 17.2 Å². The number of amides is 1. The van der Waals surface area contributed by atoms with Gasteiger partial charge >= 0.3 is 0 Å². The molecule has 0 saturated heterocycles. The number of carbonyl (C=O) groups is 1. The quantitative estimate of drug-likeness (QED) is 0.778. The number of hydrogen-bond acceptors (Lipinski definition) is 2. The molecule has 1 aliphatic heterocycles. The fraction of sp³-hybridized carbons (Fsp3) is 0.381. The van der Waals surface area contributed by atoms with Gasteiger partial charge in [0, 0.05) is 17.0 Å². The summed E-state index contributed by atoms with van der Waals surface area (Å²) in [7, 11) is 0. The molecule has 0 unspecified atom stereocenters. The van der Waals surface area contributed by atoms with E-state index in [1.54, 1.807) is 12.1 Å². The number of fused-ring (bicyclic) bond motifs is 1. The van der Waals surface area contributed by atoms with Crippen LogP contribution in [0.25, 0.3) is 0 Å². The summed E-state index contributed by atoms with van der Waals surface area (Å²) in [5, 5.41) is 3.39. The first-order valence-electron chi connectivity index (χ1n) is 8.97. The van der Waals surface area contributed by atoms with Crippen LogP contribution in [0.2, 0.25) is 5.02 Å². The van der Waals surface area contributed by atoms with Gasteiger partial charge in [0.05, 0.1) is 12.5 Å². The maximum Gasteiger partial charge on any atom is 0.225 e. The van der Waals surface area contributed by atoms with Gasteiger partial charge in [0.25, 0.3) is 0 Å². The second-order valence-electron chi connectivity index (χ2n) is 6.77. The molecule has 0 bridgehead atoms. The van der Waals surface area contributed by atoms with Crippen LogP contribution in [0.15, 0.2) is 42.5 Å². The molecule has 3 nitrogen and oxygen atoms in total. The Balaban J connectivity index is 1.80. The van der Waals surface area contributed by atoms with Crippen molar-refractivity contribution in [2.24, 2.45) is 0 Å². The van der Waals surface area contributed by atoms with E-state index < -0.39 is 5.82 Å². The fourth-order valence-corrected chi connectivity index (χ4v) is 3.67. The van der Waals surface area contributed by atoms with Crippen LogP contribution in [-0.4, -0.2) is 11.5 Å². The van der Waals surface area contributed by atoms with Crippen molar-refractivity contribution in [3.8, 4) is 5.75 Å². The van der Waals surface area contributed by atoms with E-state index in [-0.39, 0.29) is 24.0 Å². The molecule has 0 spiro atoms. The Morgan fingerprint density at radius 2 is 2.00 bits per heavy atom. The van der Waals surface area contributed by atoms with Crippen LogP contribution < -0.4 is 10.1 Å². The third kappa shape index (κ3) is 3.85. The summed E-state index contributed by atoms with van der Waals surface area (Å²) >= 11 is 5.77. The number of nitrogens with one attached hydrogen (secondary N) is 1. The molecule has 0 saturated carbocycles. The fourth-order valence-electron chi connectivity index (χ4n) is 3.51. The van der Waals surface area contributed by atoms with Crippen molar-refractivity contribution in [2.75, 3.05) is 0 Å². The minimum atomic E-state index is -0.462. The Bertz CT molecular complexity index is 804. The molecule has 5 heteroatoms. The molecule has 138 valence electrons. The molecular formula is C21H23ClFNO2. The maximum atomic E-state index is 14.0. The SMILES string of the molecule is CCC1(CC)C[C@H](NC(=O)Cc2ccc(Cl)cc2F)c2ccccc2O1. The third-order valence-electron chi connectivity index (χ3n) is 5.19. The van der Waals surface area contributed by atoms with Crippen molar-refractivity contribution in [3.63, 3.8) is 0 Å². The van der Waals surface area contributed by atoms with Crippen molar-refractivity contribution >= 4 is 17.5 Å². The number of rotatable bonds is 5. The summed E-state index contributed by atoms with van der Waals surface area (Å²) in [6, 6.07) is 12.0. The Labute approximate surface area is 158 Å². The van der Waals surface area contributed by atoms with Gasteiger partial charge < -0.3 is 10.1 Å². The summed E-state index contributed by atoms with van der Waals surface area (Å²) in [4.78, 5) is 12.6. The molecule has 0 radical (unpaired) electrons. The highest BCUT2D eigenvalue weighted by Gasteiger charge is 2.38. The number of benzene rings is 2. The molecule has 3 rings (SSSR count).